The minimum atomic E-state index is -0.272. The van der Waals surface area contributed by atoms with Gasteiger partial charge in [0.2, 0.25) is 0 Å². The summed E-state index contributed by atoms with van der Waals surface area (Å²) in [4.78, 5) is 7.24. The average Bonchev–Trinajstić information content (AvgIpc) is 2.79. The van der Waals surface area contributed by atoms with Crippen LogP contribution in [0, 0.1) is 5.82 Å². The number of nitrogens with one attached hydrogen (secondary N) is 2. The maximum atomic E-state index is 13.0. The molecule has 0 spiro atoms. The van der Waals surface area contributed by atoms with Crippen molar-refractivity contribution >= 4 is 11.0 Å². The molecule has 0 saturated carbocycles. The van der Waals surface area contributed by atoms with Crippen LogP contribution in [0.3, 0.4) is 0 Å². The van der Waals surface area contributed by atoms with Crippen LogP contribution in [0.25, 0.3) is 11.0 Å². The number of halogens is 1. The van der Waals surface area contributed by atoms with E-state index in [9.17, 15) is 4.39 Å². The van der Waals surface area contributed by atoms with Gasteiger partial charge < -0.3 is 15.0 Å². The normalized spacial score (nSPS) is 20.2. The highest BCUT2D eigenvalue weighted by atomic mass is 19.1. The molecule has 4 nitrogen and oxygen atoms in total. The molecule has 96 valence electrons. The first kappa shape index (κ1) is 11.5. The van der Waals surface area contributed by atoms with E-state index in [1.807, 2.05) is 0 Å². The predicted octanol–water partition coefficient (Wildman–Crippen LogP) is 2.22. The molecule has 1 saturated heterocycles. The van der Waals surface area contributed by atoms with Gasteiger partial charge in [0, 0.05) is 6.04 Å². The van der Waals surface area contributed by atoms with Gasteiger partial charge in [0.25, 0.3) is 6.01 Å². The van der Waals surface area contributed by atoms with Crippen LogP contribution in [-0.4, -0.2) is 29.2 Å². The van der Waals surface area contributed by atoms with Gasteiger partial charge in [-0.1, -0.05) is 6.42 Å². The van der Waals surface area contributed by atoms with E-state index in [1.54, 1.807) is 6.07 Å². The first-order valence-corrected chi connectivity index (χ1v) is 6.33. The highest BCUT2D eigenvalue weighted by Crippen LogP contribution is 2.17. The van der Waals surface area contributed by atoms with Crippen LogP contribution in [0.5, 0.6) is 6.01 Å². The standard InChI is InChI=1S/C13H16FN3O/c14-9-4-5-11-12(7-9)17-13(16-11)18-8-10-3-1-2-6-15-10/h4-5,7,10,15H,1-3,6,8H2,(H,16,17). The van der Waals surface area contributed by atoms with Crippen molar-refractivity contribution in [2.24, 2.45) is 0 Å². The van der Waals surface area contributed by atoms with Crippen LogP contribution < -0.4 is 10.1 Å². The molecule has 2 aromatic rings. The number of imidazole rings is 1. The zero-order valence-electron chi connectivity index (χ0n) is 10.1. The largest absolute Gasteiger partial charge is 0.463 e. The van der Waals surface area contributed by atoms with Crippen LogP contribution in [0.2, 0.25) is 0 Å². The molecule has 1 aliphatic heterocycles. The monoisotopic (exact) mass is 249 g/mol. The maximum absolute atomic E-state index is 13.0. The number of aromatic nitrogens is 2. The van der Waals surface area contributed by atoms with E-state index in [1.165, 1.54) is 25.0 Å². The maximum Gasteiger partial charge on any atom is 0.294 e. The van der Waals surface area contributed by atoms with E-state index in [-0.39, 0.29) is 5.82 Å². The quantitative estimate of drug-likeness (QED) is 0.877. The summed E-state index contributed by atoms with van der Waals surface area (Å²) >= 11 is 0. The fourth-order valence-corrected chi connectivity index (χ4v) is 2.27. The molecule has 3 rings (SSSR count). The molecule has 0 aliphatic carbocycles. The van der Waals surface area contributed by atoms with Gasteiger partial charge in [0.15, 0.2) is 0 Å². The third kappa shape index (κ3) is 2.46. The molecule has 1 unspecified atom stereocenters. The first-order valence-electron chi connectivity index (χ1n) is 6.33. The van der Waals surface area contributed by atoms with Gasteiger partial charge in [-0.15, -0.1) is 0 Å². The summed E-state index contributed by atoms with van der Waals surface area (Å²) in [5.41, 5.74) is 1.39. The number of H-pyrrole nitrogens is 1. The Morgan fingerprint density at radius 3 is 3.17 bits per heavy atom. The molecule has 0 bridgehead atoms. The Labute approximate surface area is 105 Å². The van der Waals surface area contributed by atoms with E-state index in [4.69, 9.17) is 4.74 Å². The number of nitrogens with zero attached hydrogens (tertiary/aromatic N) is 1. The van der Waals surface area contributed by atoms with Gasteiger partial charge in [-0.05, 0) is 37.6 Å². The zero-order chi connectivity index (χ0) is 12.4. The van der Waals surface area contributed by atoms with Crippen molar-refractivity contribution in [3.63, 3.8) is 0 Å². The summed E-state index contributed by atoms with van der Waals surface area (Å²) in [5, 5.41) is 3.41. The Bertz CT molecular complexity index is 534. The third-order valence-electron chi connectivity index (χ3n) is 3.26. The Morgan fingerprint density at radius 1 is 1.39 bits per heavy atom. The fraction of sp³-hybridized carbons (Fsp3) is 0.462. The van der Waals surface area contributed by atoms with Crippen LogP contribution >= 0.6 is 0 Å². The molecular formula is C13H16FN3O. The van der Waals surface area contributed by atoms with E-state index in [2.05, 4.69) is 15.3 Å². The second-order valence-electron chi connectivity index (χ2n) is 4.66. The Morgan fingerprint density at radius 2 is 2.33 bits per heavy atom. The van der Waals surface area contributed by atoms with E-state index in [0.29, 0.717) is 24.2 Å². The molecule has 1 fully saturated rings. The zero-order valence-corrected chi connectivity index (χ0v) is 10.1. The topological polar surface area (TPSA) is 49.9 Å². The van der Waals surface area contributed by atoms with Crippen molar-refractivity contribution in [1.29, 1.82) is 0 Å². The molecule has 5 heteroatoms. The fourth-order valence-electron chi connectivity index (χ4n) is 2.27. The molecule has 2 heterocycles. The highest BCUT2D eigenvalue weighted by Gasteiger charge is 2.14. The number of piperidine rings is 1. The lowest BCUT2D eigenvalue weighted by Crippen LogP contribution is -2.38. The molecule has 0 amide bonds. The molecule has 1 atom stereocenters. The Balaban J connectivity index is 1.67. The second kappa shape index (κ2) is 4.94. The molecule has 1 aromatic heterocycles. The first-order chi connectivity index (χ1) is 8.81. The molecule has 2 N–H and O–H groups in total. The van der Waals surface area contributed by atoms with E-state index >= 15 is 0 Å². The molecule has 1 aliphatic rings. The number of aromatic amines is 1. The van der Waals surface area contributed by atoms with Crippen molar-refractivity contribution in [1.82, 2.24) is 15.3 Å². The molecule has 18 heavy (non-hydrogen) atoms. The second-order valence-corrected chi connectivity index (χ2v) is 4.66. The number of hydrogen-bond acceptors (Lipinski definition) is 3. The number of ether oxygens (including phenoxy) is 1. The smallest absolute Gasteiger partial charge is 0.294 e. The van der Waals surface area contributed by atoms with Crippen LogP contribution in [0.1, 0.15) is 19.3 Å². The predicted molar refractivity (Wildman–Crippen MR) is 67.2 cm³/mol. The summed E-state index contributed by atoms with van der Waals surface area (Å²) in [6.07, 6.45) is 3.61. The molecule has 0 radical (unpaired) electrons. The summed E-state index contributed by atoms with van der Waals surface area (Å²) in [6.45, 7) is 1.65. The van der Waals surface area contributed by atoms with Gasteiger partial charge in [-0.2, -0.15) is 4.98 Å². The summed E-state index contributed by atoms with van der Waals surface area (Å²) in [7, 11) is 0. The lowest BCUT2D eigenvalue weighted by atomic mass is 10.1. The van der Waals surface area contributed by atoms with Crippen LogP contribution in [0.4, 0.5) is 4.39 Å². The van der Waals surface area contributed by atoms with Gasteiger partial charge in [0.1, 0.15) is 12.4 Å². The van der Waals surface area contributed by atoms with Crippen LogP contribution in [-0.2, 0) is 0 Å². The number of benzene rings is 1. The lowest BCUT2D eigenvalue weighted by Gasteiger charge is -2.22. The summed E-state index contributed by atoms with van der Waals surface area (Å²) in [6, 6.07) is 5.32. The SMILES string of the molecule is Fc1ccc2nc(OCC3CCCCN3)[nH]c2c1. The number of hydrogen-bond donors (Lipinski definition) is 2. The van der Waals surface area contributed by atoms with E-state index < -0.39 is 0 Å². The van der Waals surface area contributed by atoms with Gasteiger partial charge >= 0.3 is 0 Å². The van der Waals surface area contributed by atoms with Crippen molar-refractivity contribution in [2.75, 3.05) is 13.2 Å². The minimum Gasteiger partial charge on any atom is -0.463 e. The Hall–Kier alpha value is -1.62. The number of fused-ring (bicyclic) bond motifs is 1. The van der Waals surface area contributed by atoms with Gasteiger partial charge in [0.05, 0.1) is 11.0 Å². The lowest BCUT2D eigenvalue weighted by molar-refractivity contribution is 0.226. The van der Waals surface area contributed by atoms with Gasteiger partial charge in [-0.25, -0.2) is 4.39 Å². The average molecular weight is 249 g/mol. The summed E-state index contributed by atoms with van der Waals surface area (Å²) in [5.74, 6) is -0.272. The Kier molecular flexibility index (Phi) is 3.15. The minimum absolute atomic E-state index is 0.272. The third-order valence-corrected chi connectivity index (χ3v) is 3.26. The molecular weight excluding hydrogens is 233 g/mol. The van der Waals surface area contributed by atoms with E-state index in [0.717, 1.165) is 18.5 Å². The number of rotatable bonds is 3. The van der Waals surface area contributed by atoms with Crippen molar-refractivity contribution in [3.05, 3.63) is 24.0 Å². The van der Waals surface area contributed by atoms with Crippen molar-refractivity contribution in [2.45, 2.75) is 25.3 Å². The van der Waals surface area contributed by atoms with Crippen LogP contribution in [0.15, 0.2) is 18.2 Å². The van der Waals surface area contributed by atoms with Gasteiger partial charge in [-0.3, -0.25) is 0 Å². The van der Waals surface area contributed by atoms with Crippen molar-refractivity contribution < 1.29 is 9.13 Å². The summed E-state index contributed by atoms with van der Waals surface area (Å²) < 4.78 is 18.6. The van der Waals surface area contributed by atoms with Crippen molar-refractivity contribution in [3.8, 4) is 6.01 Å². The highest BCUT2D eigenvalue weighted by molar-refractivity contribution is 5.75. The molecule has 1 aromatic carbocycles.